The minimum absolute atomic E-state index is 0. The zero-order valence-electron chi connectivity index (χ0n) is 16.0. The van der Waals surface area contributed by atoms with E-state index in [1.54, 1.807) is 13.2 Å². The van der Waals surface area contributed by atoms with Gasteiger partial charge in [0, 0.05) is 11.5 Å². The predicted molar refractivity (Wildman–Crippen MR) is 119 cm³/mol. The number of anilines is 2. The van der Waals surface area contributed by atoms with Gasteiger partial charge in [0.25, 0.3) is 0 Å². The summed E-state index contributed by atoms with van der Waals surface area (Å²) in [6.45, 7) is 1.91. The Labute approximate surface area is 181 Å². The lowest BCUT2D eigenvalue weighted by atomic mass is 10.1. The lowest BCUT2D eigenvalue weighted by Gasteiger charge is -2.05. The standard InChI is InChI=1S/C11H11NO2.C6H8ClN7O.ClH/c1-7-6-10(13)12-11-8(7)4-3-5-9(11)14-2;7-2-4(9)13-3(8)1(12-2)5(15)14-6(10)11;/h3-6H,1-2H3,(H,12,13);(H4,8,9,13)(H4,10,11,14,15);1H. The summed E-state index contributed by atoms with van der Waals surface area (Å²) in [6.07, 6.45) is 0. The van der Waals surface area contributed by atoms with Gasteiger partial charge in [-0.1, -0.05) is 23.7 Å². The minimum Gasteiger partial charge on any atom is -0.495 e. The first-order valence-corrected chi connectivity index (χ1v) is 8.41. The Kier molecular flexibility index (Phi) is 8.38. The van der Waals surface area contributed by atoms with E-state index < -0.39 is 11.9 Å². The Morgan fingerprint density at radius 1 is 1.20 bits per heavy atom. The lowest BCUT2D eigenvalue weighted by molar-refractivity contribution is 0.0998. The summed E-state index contributed by atoms with van der Waals surface area (Å²) in [5.74, 6) is -0.804. The highest BCUT2D eigenvalue weighted by Gasteiger charge is 2.15. The zero-order chi connectivity index (χ0) is 21.7. The third-order valence-electron chi connectivity index (χ3n) is 3.60. The van der Waals surface area contributed by atoms with Gasteiger partial charge >= 0.3 is 5.91 Å². The zero-order valence-corrected chi connectivity index (χ0v) is 17.5. The largest absolute Gasteiger partial charge is 0.495 e. The van der Waals surface area contributed by atoms with Crippen molar-refractivity contribution in [2.45, 2.75) is 6.92 Å². The third-order valence-corrected chi connectivity index (χ3v) is 3.88. The maximum atomic E-state index is 11.3. The Morgan fingerprint density at radius 2 is 1.87 bits per heavy atom. The molecule has 0 aliphatic rings. The predicted octanol–water partition coefficient (Wildman–Crippen LogP) is 0.975. The number of rotatable bonds is 2. The molecule has 3 aromatic rings. The summed E-state index contributed by atoms with van der Waals surface area (Å²) in [5.41, 5.74) is 22.1. The van der Waals surface area contributed by atoms with Gasteiger partial charge < -0.3 is 32.7 Å². The number of ether oxygens (including phenoxy) is 1. The highest BCUT2D eigenvalue weighted by atomic mass is 35.5. The molecule has 0 unspecified atom stereocenters. The molecule has 1 amide bonds. The molecule has 1 aromatic carbocycles. The number of nitrogen functional groups attached to an aromatic ring is 2. The molecule has 0 aliphatic heterocycles. The molecule has 0 fully saturated rings. The van der Waals surface area contributed by atoms with Gasteiger partial charge in [0.1, 0.15) is 5.75 Å². The molecule has 2 heterocycles. The number of benzene rings is 1. The van der Waals surface area contributed by atoms with Crippen molar-refractivity contribution in [2.24, 2.45) is 16.5 Å². The number of carbonyl (C=O) groups is 1. The van der Waals surface area contributed by atoms with Crippen LogP contribution in [0.25, 0.3) is 10.9 Å². The number of nitrogens with two attached hydrogens (primary N) is 4. The lowest BCUT2D eigenvalue weighted by Crippen LogP contribution is -2.24. The highest BCUT2D eigenvalue weighted by molar-refractivity contribution is 6.31. The molecule has 30 heavy (non-hydrogen) atoms. The minimum atomic E-state index is -0.832. The number of methoxy groups -OCH3 is 1. The summed E-state index contributed by atoms with van der Waals surface area (Å²) >= 11 is 5.55. The van der Waals surface area contributed by atoms with Crippen LogP contribution in [0, 0.1) is 6.92 Å². The number of guanidine groups is 1. The third kappa shape index (κ3) is 5.72. The second-order valence-corrected chi connectivity index (χ2v) is 6.03. The van der Waals surface area contributed by atoms with Crippen molar-refractivity contribution in [3.63, 3.8) is 0 Å². The first-order chi connectivity index (χ1) is 13.6. The average Bonchev–Trinajstić information content (AvgIpc) is 2.64. The molecule has 2 aromatic heterocycles. The number of carbonyl (C=O) groups excluding carboxylic acids is 1. The highest BCUT2D eigenvalue weighted by Crippen LogP contribution is 2.23. The summed E-state index contributed by atoms with van der Waals surface area (Å²) in [6, 6.07) is 7.29. The monoisotopic (exact) mass is 454 g/mol. The number of hydrogen-bond acceptors (Lipinski definition) is 7. The number of fused-ring (bicyclic) bond motifs is 1. The van der Waals surface area contributed by atoms with Crippen LogP contribution in [0.4, 0.5) is 11.6 Å². The Bertz CT molecular complexity index is 1160. The molecule has 9 N–H and O–H groups in total. The number of aryl methyl sites for hydroxylation is 1. The molecule has 13 heteroatoms. The SMILES string of the molecule is COc1cccc2c(C)cc(=O)[nH]c12.Cl.NC(N)=NC(=O)c1nc(Cl)c(N)nc1N. The van der Waals surface area contributed by atoms with Gasteiger partial charge in [0.05, 0.1) is 12.6 Å². The molecule has 3 rings (SSSR count). The number of nitrogens with zero attached hydrogens (tertiary/aromatic N) is 3. The number of halogens is 2. The first kappa shape index (κ1) is 24.5. The van der Waals surface area contributed by atoms with Crippen LogP contribution in [0.1, 0.15) is 16.1 Å². The van der Waals surface area contributed by atoms with E-state index in [9.17, 15) is 9.59 Å². The molecule has 0 atom stereocenters. The van der Waals surface area contributed by atoms with E-state index in [0.29, 0.717) is 5.75 Å². The van der Waals surface area contributed by atoms with Crippen molar-refractivity contribution >= 4 is 58.4 Å². The topological polar surface area (TPSA) is 201 Å². The van der Waals surface area contributed by atoms with Gasteiger partial charge in [-0.05, 0) is 18.6 Å². The van der Waals surface area contributed by atoms with Crippen LogP contribution >= 0.6 is 24.0 Å². The smallest absolute Gasteiger partial charge is 0.302 e. The van der Waals surface area contributed by atoms with Crippen molar-refractivity contribution in [1.29, 1.82) is 0 Å². The van der Waals surface area contributed by atoms with E-state index in [0.717, 1.165) is 16.5 Å². The number of pyridine rings is 1. The first-order valence-electron chi connectivity index (χ1n) is 8.03. The average molecular weight is 455 g/mol. The van der Waals surface area contributed by atoms with E-state index in [1.165, 1.54) is 0 Å². The Hall–Kier alpha value is -3.57. The van der Waals surface area contributed by atoms with Gasteiger partial charge in [-0.15, -0.1) is 12.4 Å². The molecule has 0 saturated heterocycles. The fourth-order valence-electron chi connectivity index (χ4n) is 2.36. The van der Waals surface area contributed by atoms with Crippen LogP contribution in [-0.4, -0.2) is 33.9 Å². The van der Waals surface area contributed by atoms with E-state index in [1.807, 2.05) is 25.1 Å². The van der Waals surface area contributed by atoms with E-state index in [2.05, 4.69) is 19.9 Å². The van der Waals surface area contributed by atoms with Crippen LogP contribution < -0.4 is 33.2 Å². The van der Waals surface area contributed by atoms with Gasteiger partial charge in [0.2, 0.25) is 5.56 Å². The quantitative estimate of drug-likeness (QED) is 0.276. The molecule has 160 valence electrons. The van der Waals surface area contributed by atoms with Crippen LogP contribution in [-0.2, 0) is 0 Å². The number of hydrogen-bond donors (Lipinski definition) is 5. The molecule has 0 saturated carbocycles. The molecule has 0 radical (unpaired) electrons. The number of nitrogens with one attached hydrogen (secondary N) is 1. The molecule has 0 aliphatic carbocycles. The molecular formula is C17H20Cl2N8O3. The fraction of sp³-hybridized carbons (Fsp3) is 0.118. The summed E-state index contributed by atoms with van der Waals surface area (Å²) < 4.78 is 5.17. The van der Waals surface area contributed by atoms with Crippen LogP contribution in [0.3, 0.4) is 0 Å². The van der Waals surface area contributed by atoms with Crippen molar-refractivity contribution in [1.82, 2.24) is 15.0 Å². The molecule has 0 spiro atoms. The second-order valence-electron chi connectivity index (χ2n) is 5.67. The number of para-hydroxylation sites is 1. The van der Waals surface area contributed by atoms with Crippen molar-refractivity contribution in [3.05, 3.63) is 51.0 Å². The summed E-state index contributed by atoms with van der Waals surface area (Å²) in [7, 11) is 1.59. The second kappa shape index (κ2) is 10.3. The van der Waals surface area contributed by atoms with Gasteiger partial charge in [0.15, 0.2) is 28.4 Å². The number of aromatic amines is 1. The normalized spacial score (nSPS) is 9.70. The van der Waals surface area contributed by atoms with Gasteiger partial charge in [-0.2, -0.15) is 4.99 Å². The maximum absolute atomic E-state index is 11.3. The molecule has 11 nitrogen and oxygen atoms in total. The van der Waals surface area contributed by atoms with Gasteiger partial charge in [-0.3, -0.25) is 9.59 Å². The van der Waals surface area contributed by atoms with Crippen molar-refractivity contribution < 1.29 is 9.53 Å². The maximum Gasteiger partial charge on any atom is 0.302 e. The van der Waals surface area contributed by atoms with Crippen LogP contribution in [0.2, 0.25) is 5.15 Å². The fourth-order valence-corrected chi connectivity index (χ4v) is 2.49. The number of aliphatic imine (C=N–C) groups is 1. The summed E-state index contributed by atoms with van der Waals surface area (Å²) in [4.78, 5) is 35.8. The van der Waals surface area contributed by atoms with E-state index in [4.69, 9.17) is 39.3 Å². The Morgan fingerprint density at radius 3 is 2.47 bits per heavy atom. The number of aromatic nitrogens is 3. The number of H-pyrrole nitrogens is 1. The van der Waals surface area contributed by atoms with Gasteiger partial charge in [-0.25, -0.2) is 9.97 Å². The van der Waals surface area contributed by atoms with E-state index >= 15 is 0 Å². The van der Waals surface area contributed by atoms with E-state index in [-0.39, 0.29) is 40.4 Å². The molecule has 0 bridgehead atoms. The van der Waals surface area contributed by atoms with Crippen LogP contribution in [0.15, 0.2) is 34.1 Å². The van der Waals surface area contributed by atoms with Crippen molar-refractivity contribution in [3.8, 4) is 5.75 Å². The van der Waals surface area contributed by atoms with Crippen LogP contribution in [0.5, 0.6) is 5.75 Å². The number of amides is 1. The molecular weight excluding hydrogens is 435 g/mol. The summed E-state index contributed by atoms with van der Waals surface area (Å²) in [5, 5.41) is 0.877. The van der Waals surface area contributed by atoms with Crippen molar-refractivity contribution in [2.75, 3.05) is 18.6 Å². The Balaban J connectivity index is 0.000000291.